The molecule has 0 atom stereocenters. The van der Waals surface area contributed by atoms with Gasteiger partial charge < -0.3 is 24.8 Å². The molecule has 1 aromatic rings. The minimum atomic E-state index is 0. The molecule has 0 amide bonds. The van der Waals surface area contributed by atoms with E-state index in [1.807, 2.05) is 0 Å². The Balaban J connectivity index is 0.00000120. The maximum atomic E-state index is 3.56. The summed E-state index contributed by atoms with van der Waals surface area (Å²) in [5.74, 6) is 0. The van der Waals surface area contributed by atoms with Crippen molar-refractivity contribution in [3.05, 3.63) is 76.4 Å². The molecular weight excluding hydrogens is 366 g/mol. The van der Waals surface area contributed by atoms with Crippen molar-refractivity contribution in [1.82, 2.24) is 0 Å². The molecule has 1 aromatic carbocycles. The van der Waals surface area contributed by atoms with Crippen LogP contribution in [0.2, 0.25) is 0 Å². The first kappa shape index (κ1) is 19.6. The zero-order valence-corrected chi connectivity index (χ0v) is 15.5. The quantitative estimate of drug-likeness (QED) is 0.518. The van der Waals surface area contributed by atoms with Crippen LogP contribution in [0.15, 0.2) is 59.2 Å². The van der Waals surface area contributed by atoms with Crippen molar-refractivity contribution in [2.75, 3.05) is 0 Å². The topological polar surface area (TPSA) is 0 Å². The van der Waals surface area contributed by atoms with E-state index in [0.717, 1.165) is 6.42 Å². The predicted molar refractivity (Wildman–Crippen MR) is 72.4 cm³/mol. The summed E-state index contributed by atoms with van der Waals surface area (Å²) >= 11 is 0. The van der Waals surface area contributed by atoms with Gasteiger partial charge in [0.2, 0.25) is 0 Å². The van der Waals surface area contributed by atoms with Gasteiger partial charge in [0.05, 0.1) is 0 Å². The Morgan fingerprint density at radius 1 is 1.10 bits per heavy atom. The maximum Gasteiger partial charge on any atom is 3.00 e. The van der Waals surface area contributed by atoms with Gasteiger partial charge in [0.25, 0.3) is 0 Å². The van der Waals surface area contributed by atoms with Gasteiger partial charge in [-0.05, 0) is 6.42 Å². The second kappa shape index (κ2) is 8.18. The summed E-state index contributed by atoms with van der Waals surface area (Å²) in [4.78, 5) is 0. The SMILES string of the molecule is CC(C)=C1C(C2=CC=CC2)=[C-]c2ccccc21.[Cl-].[Cl-].[Zr+3]. The third kappa shape index (κ3) is 3.45. The van der Waals surface area contributed by atoms with Gasteiger partial charge in [-0.2, -0.15) is 0 Å². The molecule has 3 heteroatoms. The molecule has 0 spiro atoms. The van der Waals surface area contributed by atoms with Crippen LogP contribution in [0.5, 0.6) is 0 Å². The van der Waals surface area contributed by atoms with Crippen LogP contribution in [0.3, 0.4) is 0 Å². The smallest absolute Gasteiger partial charge is 1.00 e. The number of halogens is 2. The van der Waals surface area contributed by atoms with Crippen molar-refractivity contribution in [3.63, 3.8) is 0 Å². The average molecular weight is 381 g/mol. The van der Waals surface area contributed by atoms with Crippen LogP contribution < -0.4 is 24.8 Å². The number of hydrogen-bond acceptors (Lipinski definition) is 0. The van der Waals surface area contributed by atoms with Crippen LogP contribution in [-0.4, -0.2) is 0 Å². The summed E-state index contributed by atoms with van der Waals surface area (Å²) < 4.78 is 0. The van der Waals surface area contributed by atoms with Crippen molar-refractivity contribution in [2.24, 2.45) is 0 Å². The van der Waals surface area contributed by atoms with E-state index < -0.39 is 0 Å². The molecular formula is C17H15Cl2Zr. The van der Waals surface area contributed by atoms with Crippen molar-refractivity contribution in [2.45, 2.75) is 20.3 Å². The standard InChI is InChI=1S/C17H15.2ClH.Zr/c1-12(2)17-15-10-6-5-9-14(15)11-16(17)13-7-3-4-8-13;;;/h3-7,9-10H,8H2,1-2H3;2*1H;/q-1;;;+3/p-2. The Hall–Kier alpha value is -0.357. The fraction of sp³-hybridized carbons (Fsp3) is 0.176. The fourth-order valence-corrected chi connectivity index (χ4v) is 2.53. The molecule has 0 N–H and O–H groups in total. The Bertz CT molecular complexity index is 603. The first-order valence-corrected chi connectivity index (χ1v) is 6.04. The summed E-state index contributed by atoms with van der Waals surface area (Å²) in [6.45, 7) is 4.37. The molecule has 0 fully saturated rings. The van der Waals surface area contributed by atoms with Crippen LogP contribution in [0.1, 0.15) is 31.4 Å². The van der Waals surface area contributed by atoms with Gasteiger partial charge in [-0.25, -0.2) is 0 Å². The number of fused-ring (bicyclic) bond motifs is 1. The normalized spacial score (nSPS) is 14.4. The van der Waals surface area contributed by atoms with Crippen molar-refractivity contribution >= 4 is 5.57 Å². The second-order valence-electron chi connectivity index (χ2n) is 4.74. The van der Waals surface area contributed by atoms with Gasteiger partial charge in [0, 0.05) is 0 Å². The molecule has 3 rings (SSSR count). The van der Waals surface area contributed by atoms with E-state index in [1.165, 1.54) is 33.4 Å². The number of rotatable bonds is 1. The first-order valence-electron chi connectivity index (χ1n) is 6.04. The van der Waals surface area contributed by atoms with E-state index in [4.69, 9.17) is 0 Å². The Morgan fingerprint density at radius 3 is 2.40 bits per heavy atom. The first-order chi connectivity index (χ1) is 8.27. The molecule has 0 saturated heterocycles. The van der Waals surface area contributed by atoms with Gasteiger partial charge >= 0.3 is 26.2 Å². The molecule has 0 heterocycles. The predicted octanol–water partition coefficient (Wildman–Crippen LogP) is -1.54. The molecule has 0 bridgehead atoms. The van der Waals surface area contributed by atoms with Crippen LogP contribution in [-0.2, 0) is 26.2 Å². The molecule has 1 radical (unpaired) electrons. The largest absolute Gasteiger partial charge is 3.00 e. The monoisotopic (exact) mass is 379 g/mol. The van der Waals surface area contributed by atoms with Gasteiger partial charge in [-0.1, -0.05) is 50.3 Å². The zero-order valence-electron chi connectivity index (χ0n) is 11.5. The van der Waals surface area contributed by atoms with E-state index in [1.54, 1.807) is 0 Å². The molecule has 2 aliphatic rings. The Labute approximate surface area is 152 Å². The number of benzene rings is 1. The summed E-state index contributed by atoms with van der Waals surface area (Å²) in [7, 11) is 0. The van der Waals surface area contributed by atoms with Gasteiger partial charge in [0.15, 0.2) is 0 Å². The van der Waals surface area contributed by atoms with Gasteiger partial charge in [-0.3, -0.25) is 0 Å². The molecule has 101 valence electrons. The van der Waals surface area contributed by atoms with Crippen molar-refractivity contribution in [1.29, 1.82) is 0 Å². The van der Waals surface area contributed by atoms with Crippen molar-refractivity contribution < 1.29 is 51.0 Å². The third-order valence-electron chi connectivity index (χ3n) is 3.30. The minimum absolute atomic E-state index is 0. The summed E-state index contributed by atoms with van der Waals surface area (Å²) in [6.07, 6.45) is 11.1. The van der Waals surface area contributed by atoms with Crippen LogP contribution >= 0.6 is 0 Å². The Kier molecular flexibility index (Phi) is 8.03. The minimum Gasteiger partial charge on any atom is -1.00 e. The summed E-state index contributed by atoms with van der Waals surface area (Å²) in [5.41, 5.74) is 7.97. The number of allylic oxidation sites excluding steroid dienone is 7. The van der Waals surface area contributed by atoms with Crippen LogP contribution in [0.25, 0.3) is 5.57 Å². The van der Waals surface area contributed by atoms with Crippen LogP contribution in [0.4, 0.5) is 0 Å². The van der Waals surface area contributed by atoms with E-state index in [0.29, 0.717) is 0 Å². The van der Waals surface area contributed by atoms with Crippen molar-refractivity contribution in [3.8, 4) is 0 Å². The average Bonchev–Trinajstić information content (AvgIpc) is 2.95. The van der Waals surface area contributed by atoms with Crippen LogP contribution in [0, 0.1) is 6.08 Å². The van der Waals surface area contributed by atoms with Gasteiger partial charge in [-0.15, -0.1) is 45.6 Å². The zero-order chi connectivity index (χ0) is 11.8. The third-order valence-corrected chi connectivity index (χ3v) is 3.30. The van der Waals surface area contributed by atoms with Gasteiger partial charge in [0.1, 0.15) is 0 Å². The van der Waals surface area contributed by atoms with E-state index in [2.05, 4.69) is 62.4 Å². The van der Waals surface area contributed by atoms with E-state index >= 15 is 0 Å². The summed E-state index contributed by atoms with van der Waals surface area (Å²) in [6, 6.07) is 8.53. The number of hydrogen-bond donors (Lipinski definition) is 0. The van der Waals surface area contributed by atoms with E-state index in [9.17, 15) is 0 Å². The molecule has 0 nitrogen and oxygen atoms in total. The molecule has 0 unspecified atom stereocenters. The molecule has 2 aliphatic carbocycles. The fourth-order valence-electron chi connectivity index (χ4n) is 2.53. The molecule has 0 aliphatic heterocycles. The van der Waals surface area contributed by atoms with E-state index in [-0.39, 0.29) is 51.0 Å². The Morgan fingerprint density at radius 2 is 1.80 bits per heavy atom. The molecule has 20 heavy (non-hydrogen) atoms. The maximum absolute atomic E-state index is 3.56. The molecule has 0 saturated carbocycles. The molecule has 0 aromatic heterocycles. The second-order valence-corrected chi connectivity index (χ2v) is 4.74. The summed E-state index contributed by atoms with van der Waals surface area (Å²) in [5, 5.41) is 0.